The zero-order valence-electron chi connectivity index (χ0n) is 18.5. The number of hydrogen-bond acceptors (Lipinski definition) is 4. The quantitative estimate of drug-likeness (QED) is 0.516. The van der Waals surface area contributed by atoms with Crippen LogP contribution in [-0.4, -0.2) is 54.6 Å². The van der Waals surface area contributed by atoms with Crippen LogP contribution in [0.1, 0.15) is 31.9 Å². The maximum absolute atomic E-state index is 6.05. The molecule has 0 atom stereocenters. The molecule has 0 unspecified atom stereocenters. The Hall–Kier alpha value is -2.57. The third-order valence-electron chi connectivity index (χ3n) is 5.27. The first-order valence-corrected chi connectivity index (χ1v) is 10.9. The molecule has 1 aliphatic rings. The number of piperazine rings is 1. The van der Waals surface area contributed by atoms with Gasteiger partial charge in [-0.15, -0.1) is 0 Å². The molecule has 0 aliphatic carbocycles. The summed E-state index contributed by atoms with van der Waals surface area (Å²) in [6.45, 7) is 13.6. The third-order valence-corrected chi connectivity index (χ3v) is 5.27. The number of likely N-dealkylation sites (N-methyl/N-ethyl adjacent to an activating group) is 1. The molecule has 2 aromatic carbocycles. The Morgan fingerprint density at radius 3 is 2.17 bits per heavy atom. The SMILES string of the molecule is CCN1CCN(Cc2ccc(CN=C(N)Nc3ccc(OC(C)C)cc3)cc2)CC1. The van der Waals surface area contributed by atoms with Crippen LogP contribution >= 0.6 is 0 Å². The van der Waals surface area contributed by atoms with Crippen LogP contribution in [0.4, 0.5) is 5.69 Å². The lowest BCUT2D eigenvalue weighted by molar-refractivity contribution is 0.132. The van der Waals surface area contributed by atoms with Crippen LogP contribution in [0, 0.1) is 0 Å². The van der Waals surface area contributed by atoms with E-state index in [1.807, 2.05) is 38.1 Å². The van der Waals surface area contributed by atoms with E-state index < -0.39 is 0 Å². The minimum absolute atomic E-state index is 0.160. The van der Waals surface area contributed by atoms with Crippen LogP contribution in [0.5, 0.6) is 5.75 Å². The average molecular weight is 410 g/mol. The number of nitrogens with zero attached hydrogens (tertiary/aromatic N) is 3. The first-order valence-electron chi connectivity index (χ1n) is 10.9. The number of anilines is 1. The zero-order chi connectivity index (χ0) is 21.3. The van der Waals surface area contributed by atoms with Gasteiger partial charge >= 0.3 is 0 Å². The van der Waals surface area contributed by atoms with E-state index >= 15 is 0 Å². The van der Waals surface area contributed by atoms with Crippen molar-refractivity contribution in [2.75, 3.05) is 38.0 Å². The van der Waals surface area contributed by atoms with Gasteiger partial charge in [-0.2, -0.15) is 0 Å². The Morgan fingerprint density at radius 1 is 0.967 bits per heavy atom. The minimum Gasteiger partial charge on any atom is -0.491 e. The summed E-state index contributed by atoms with van der Waals surface area (Å²) >= 11 is 0. The molecule has 0 saturated carbocycles. The lowest BCUT2D eigenvalue weighted by Crippen LogP contribution is -2.45. The molecular formula is C24H35N5O. The van der Waals surface area contributed by atoms with Crippen molar-refractivity contribution in [1.82, 2.24) is 9.80 Å². The van der Waals surface area contributed by atoms with Crippen LogP contribution in [0.3, 0.4) is 0 Å². The topological polar surface area (TPSA) is 66.1 Å². The Morgan fingerprint density at radius 2 is 1.57 bits per heavy atom. The molecule has 0 bridgehead atoms. The second-order valence-corrected chi connectivity index (χ2v) is 8.04. The number of nitrogens with two attached hydrogens (primary N) is 1. The molecule has 1 saturated heterocycles. The zero-order valence-corrected chi connectivity index (χ0v) is 18.5. The molecule has 30 heavy (non-hydrogen) atoms. The molecule has 0 aromatic heterocycles. The molecule has 162 valence electrons. The Bertz CT molecular complexity index is 793. The summed E-state index contributed by atoms with van der Waals surface area (Å²) in [4.78, 5) is 9.49. The highest BCUT2D eigenvalue weighted by molar-refractivity contribution is 5.92. The van der Waals surface area contributed by atoms with Gasteiger partial charge < -0.3 is 20.7 Å². The smallest absolute Gasteiger partial charge is 0.193 e. The molecule has 1 fully saturated rings. The normalized spacial score (nSPS) is 16.1. The average Bonchev–Trinajstić information content (AvgIpc) is 2.75. The predicted molar refractivity (Wildman–Crippen MR) is 125 cm³/mol. The largest absolute Gasteiger partial charge is 0.491 e. The second-order valence-electron chi connectivity index (χ2n) is 8.04. The van der Waals surface area contributed by atoms with Crippen molar-refractivity contribution in [2.45, 2.75) is 40.0 Å². The van der Waals surface area contributed by atoms with Gasteiger partial charge in [-0.1, -0.05) is 31.2 Å². The minimum atomic E-state index is 0.160. The fourth-order valence-corrected chi connectivity index (χ4v) is 3.52. The van der Waals surface area contributed by atoms with E-state index in [4.69, 9.17) is 10.5 Å². The van der Waals surface area contributed by atoms with Crippen LogP contribution in [-0.2, 0) is 13.1 Å². The summed E-state index contributed by atoms with van der Waals surface area (Å²) < 4.78 is 5.65. The van der Waals surface area contributed by atoms with Gasteiger partial charge in [-0.3, -0.25) is 4.90 Å². The van der Waals surface area contributed by atoms with Gasteiger partial charge in [0.2, 0.25) is 0 Å². The predicted octanol–water partition coefficient (Wildman–Crippen LogP) is 3.54. The van der Waals surface area contributed by atoms with Gasteiger partial charge in [0.1, 0.15) is 5.75 Å². The van der Waals surface area contributed by atoms with Crippen molar-refractivity contribution in [3.05, 3.63) is 59.7 Å². The van der Waals surface area contributed by atoms with Crippen LogP contribution in [0.2, 0.25) is 0 Å². The van der Waals surface area contributed by atoms with Crippen LogP contribution < -0.4 is 15.8 Å². The second kappa shape index (κ2) is 11.0. The number of rotatable bonds is 8. The van der Waals surface area contributed by atoms with Gasteiger partial charge in [-0.05, 0) is 55.8 Å². The monoisotopic (exact) mass is 409 g/mol. The third kappa shape index (κ3) is 7.04. The summed E-state index contributed by atoms with van der Waals surface area (Å²) in [6, 6.07) is 16.4. The molecule has 3 rings (SSSR count). The summed E-state index contributed by atoms with van der Waals surface area (Å²) in [5.41, 5.74) is 9.44. The summed E-state index contributed by atoms with van der Waals surface area (Å²) in [6.07, 6.45) is 0.160. The van der Waals surface area contributed by atoms with Crippen molar-refractivity contribution in [3.63, 3.8) is 0 Å². The molecule has 1 heterocycles. The highest BCUT2D eigenvalue weighted by atomic mass is 16.5. The highest BCUT2D eigenvalue weighted by Crippen LogP contribution is 2.17. The van der Waals surface area contributed by atoms with Crippen LogP contribution in [0.25, 0.3) is 0 Å². The molecule has 0 radical (unpaired) electrons. The van der Waals surface area contributed by atoms with Crippen molar-refractivity contribution in [3.8, 4) is 5.75 Å². The first-order chi connectivity index (χ1) is 14.5. The van der Waals surface area contributed by atoms with Crippen molar-refractivity contribution in [2.24, 2.45) is 10.7 Å². The summed E-state index contributed by atoms with van der Waals surface area (Å²) in [5, 5.41) is 3.13. The van der Waals surface area contributed by atoms with E-state index in [9.17, 15) is 0 Å². The lowest BCUT2D eigenvalue weighted by atomic mass is 10.1. The summed E-state index contributed by atoms with van der Waals surface area (Å²) in [7, 11) is 0. The maximum atomic E-state index is 6.05. The summed E-state index contributed by atoms with van der Waals surface area (Å²) in [5.74, 6) is 1.25. The number of nitrogens with one attached hydrogen (secondary N) is 1. The number of ether oxygens (including phenoxy) is 1. The Kier molecular flexibility index (Phi) is 8.11. The molecule has 6 nitrogen and oxygen atoms in total. The van der Waals surface area contributed by atoms with Crippen molar-refractivity contribution < 1.29 is 4.74 Å². The van der Waals surface area contributed by atoms with Gasteiger partial charge in [0, 0.05) is 38.4 Å². The Balaban J connectivity index is 1.46. The number of aliphatic imine (C=N–C) groups is 1. The van der Waals surface area contributed by atoms with E-state index in [1.165, 1.54) is 18.7 Å². The lowest BCUT2D eigenvalue weighted by Gasteiger charge is -2.34. The van der Waals surface area contributed by atoms with E-state index in [2.05, 4.69) is 51.3 Å². The molecule has 2 aromatic rings. The van der Waals surface area contributed by atoms with Gasteiger partial charge in [0.25, 0.3) is 0 Å². The van der Waals surface area contributed by atoms with E-state index in [1.54, 1.807) is 0 Å². The maximum Gasteiger partial charge on any atom is 0.193 e. The van der Waals surface area contributed by atoms with Gasteiger partial charge in [0.05, 0.1) is 12.6 Å². The molecule has 6 heteroatoms. The van der Waals surface area contributed by atoms with E-state index in [-0.39, 0.29) is 6.10 Å². The number of benzene rings is 2. The standard InChI is InChI=1S/C24H35N5O/c1-4-28-13-15-29(16-14-28)18-21-7-5-20(6-8-21)17-26-24(25)27-22-9-11-23(12-10-22)30-19(2)3/h5-12,19H,4,13-18H2,1-3H3,(H3,25,26,27). The van der Waals surface area contributed by atoms with Crippen LogP contribution in [0.15, 0.2) is 53.5 Å². The molecule has 0 spiro atoms. The number of hydrogen-bond donors (Lipinski definition) is 2. The van der Waals surface area contributed by atoms with E-state index in [0.29, 0.717) is 12.5 Å². The Labute approximate surface area is 180 Å². The molecule has 0 amide bonds. The van der Waals surface area contributed by atoms with E-state index in [0.717, 1.165) is 43.2 Å². The molecular weight excluding hydrogens is 374 g/mol. The van der Waals surface area contributed by atoms with Crippen molar-refractivity contribution >= 4 is 11.6 Å². The van der Waals surface area contributed by atoms with Gasteiger partial charge in [-0.25, -0.2) is 4.99 Å². The first kappa shape index (κ1) is 22.1. The highest BCUT2D eigenvalue weighted by Gasteiger charge is 2.15. The fourth-order valence-electron chi connectivity index (χ4n) is 3.52. The number of guanidine groups is 1. The molecule has 1 aliphatic heterocycles. The fraction of sp³-hybridized carbons (Fsp3) is 0.458. The van der Waals surface area contributed by atoms with Gasteiger partial charge in [0.15, 0.2) is 5.96 Å². The van der Waals surface area contributed by atoms with Crippen molar-refractivity contribution in [1.29, 1.82) is 0 Å². The molecule has 3 N–H and O–H groups in total.